The van der Waals surface area contributed by atoms with Gasteiger partial charge in [-0.05, 0) is 25.2 Å². The van der Waals surface area contributed by atoms with Gasteiger partial charge in [0.1, 0.15) is 0 Å². The summed E-state index contributed by atoms with van der Waals surface area (Å²) in [6.07, 6.45) is 1.86. The molecular formula is C10H19ClO. The third-order valence-electron chi connectivity index (χ3n) is 3.11. The molecule has 3 atom stereocenters. The molecule has 0 heterocycles. The predicted molar refractivity (Wildman–Crippen MR) is 52.4 cm³/mol. The predicted octanol–water partition coefficient (Wildman–Crippen LogP) is 2.80. The van der Waals surface area contributed by atoms with Gasteiger partial charge < -0.3 is 5.11 Å². The molecule has 1 saturated carbocycles. The molecule has 1 aliphatic rings. The van der Waals surface area contributed by atoms with E-state index in [0.717, 1.165) is 12.8 Å². The lowest BCUT2D eigenvalue weighted by Gasteiger charge is -2.46. The molecule has 0 saturated heterocycles. The molecule has 0 aromatic rings. The van der Waals surface area contributed by atoms with Gasteiger partial charge in [0.15, 0.2) is 0 Å². The second-order valence-electron chi connectivity index (χ2n) is 5.21. The van der Waals surface area contributed by atoms with Crippen molar-refractivity contribution in [2.24, 2.45) is 11.3 Å². The zero-order chi connectivity index (χ0) is 9.57. The van der Waals surface area contributed by atoms with Crippen LogP contribution in [0.15, 0.2) is 0 Å². The average Bonchev–Trinajstić information content (AvgIpc) is 1.79. The molecule has 1 N–H and O–H groups in total. The van der Waals surface area contributed by atoms with E-state index in [4.69, 9.17) is 11.6 Å². The Bertz CT molecular complexity index is 175. The average molecular weight is 191 g/mol. The maximum Gasteiger partial charge on any atom is 0.0664 e. The quantitative estimate of drug-likeness (QED) is 0.583. The maximum atomic E-state index is 10.1. The second-order valence-corrected chi connectivity index (χ2v) is 5.77. The number of hydrogen-bond acceptors (Lipinski definition) is 1. The highest BCUT2D eigenvalue weighted by atomic mass is 35.5. The van der Waals surface area contributed by atoms with Gasteiger partial charge in [0.05, 0.1) is 5.60 Å². The van der Waals surface area contributed by atoms with Crippen LogP contribution in [-0.4, -0.2) is 16.1 Å². The Labute approximate surface area is 80.1 Å². The summed E-state index contributed by atoms with van der Waals surface area (Å²) in [6, 6.07) is 0. The van der Waals surface area contributed by atoms with Crippen molar-refractivity contribution in [3.63, 3.8) is 0 Å². The van der Waals surface area contributed by atoms with E-state index < -0.39 is 5.60 Å². The number of rotatable bonds is 0. The number of hydrogen-bond donors (Lipinski definition) is 1. The summed E-state index contributed by atoms with van der Waals surface area (Å²) >= 11 is 6.18. The largest absolute Gasteiger partial charge is 0.390 e. The topological polar surface area (TPSA) is 20.2 Å². The molecule has 72 valence electrons. The van der Waals surface area contributed by atoms with Gasteiger partial charge in [-0.25, -0.2) is 0 Å². The lowest BCUT2D eigenvalue weighted by Crippen LogP contribution is -2.48. The Balaban J connectivity index is 2.80. The van der Waals surface area contributed by atoms with E-state index in [1.54, 1.807) is 0 Å². The van der Waals surface area contributed by atoms with Crippen molar-refractivity contribution in [3.8, 4) is 0 Å². The molecule has 0 aliphatic heterocycles. The van der Waals surface area contributed by atoms with Crippen molar-refractivity contribution in [2.75, 3.05) is 0 Å². The minimum atomic E-state index is -0.589. The first-order chi connectivity index (χ1) is 5.25. The first-order valence-corrected chi connectivity index (χ1v) is 5.05. The molecule has 1 fully saturated rings. The molecule has 0 bridgehead atoms. The van der Waals surface area contributed by atoms with Gasteiger partial charge in [0.2, 0.25) is 0 Å². The van der Waals surface area contributed by atoms with Gasteiger partial charge >= 0.3 is 0 Å². The Morgan fingerprint density at radius 2 is 1.83 bits per heavy atom. The van der Waals surface area contributed by atoms with Gasteiger partial charge in [-0.3, -0.25) is 0 Å². The molecule has 0 spiro atoms. The summed E-state index contributed by atoms with van der Waals surface area (Å²) in [5.41, 5.74) is -0.406. The van der Waals surface area contributed by atoms with E-state index in [-0.39, 0.29) is 16.7 Å². The lowest BCUT2D eigenvalue weighted by atomic mass is 9.65. The first kappa shape index (κ1) is 10.3. The van der Waals surface area contributed by atoms with Crippen molar-refractivity contribution in [2.45, 2.75) is 51.5 Å². The van der Waals surface area contributed by atoms with Crippen LogP contribution in [0, 0.1) is 11.3 Å². The van der Waals surface area contributed by atoms with Crippen LogP contribution in [0.3, 0.4) is 0 Å². The van der Waals surface area contributed by atoms with Crippen LogP contribution < -0.4 is 0 Å². The molecule has 0 amide bonds. The summed E-state index contributed by atoms with van der Waals surface area (Å²) in [5.74, 6) is 0.201. The summed E-state index contributed by atoms with van der Waals surface area (Å²) in [4.78, 5) is 0. The molecule has 3 unspecified atom stereocenters. The molecule has 2 heteroatoms. The highest BCUT2D eigenvalue weighted by Crippen LogP contribution is 2.45. The maximum absolute atomic E-state index is 10.1. The number of halogens is 1. The standard InChI is InChI=1S/C10H19ClO/c1-7-8(11)5-9(2,3)6-10(7,4)12/h7-8,12H,5-6H2,1-4H3. The van der Waals surface area contributed by atoms with E-state index >= 15 is 0 Å². The Morgan fingerprint density at radius 1 is 1.33 bits per heavy atom. The van der Waals surface area contributed by atoms with Crippen LogP contribution in [-0.2, 0) is 0 Å². The van der Waals surface area contributed by atoms with E-state index in [2.05, 4.69) is 13.8 Å². The van der Waals surface area contributed by atoms with Crippen LogP contribution in [0.1, 0.15) is 40.5 Å². The molecule has 0 aromatic heterocycles. The molecule has 12 heavy (non-hydrogen) atoms. The van der Waals surface area contributed by atoms with E-state index in [1.807, 2.05) is 13.8 Å². The molecule has 1 nitrogen and oxygen atoms in total. The van der Waals surface area contributed by atoms with Crippen molar-refractivity contribution in [1.82, 2.24) is 0 Å². The van der Waals surface area contributed by atoms with Crippen molar-refractivity contribution < 1.29 is 5.11 Å². The second kappa shape index (κ2) is 2.88. The minimum absolute atomic E-state index is 0.115. The highest BCUT2D eigenvalue weighted by molar-refractivity contribution is 6.20. The van der Waals surface area contributed by atoms with Crippen LogP contribution in [0.5, 0.6) is 0 Å². The zero-order valence-electron chi connectivity index (χ0n) is 8.39. The Morgan fingerprint density at radius 3 is 2.25 bits per heavy atom. The fourth-order valence-electron chi connectivity index (χ4n) is 2.30. The van der Waals surface area contributed by atoms with Gasteiger partial charge in [0, 0.05) is 11.3 Å². The minimum Gasteiger partial charge on any atom is -0.390 e. The Hall–Kier alpha value is 0.250. The SMILES string of the molecule is CC1C(Cl)CC(C)(C)CC1(C)O. The molecule has 1 rings (SSSR count). The van der Waals surface area contributed by atoms with Crippen LogP contribution in [0.25, 0.3) is 0 Å². The summed E-state index contributed by atoms with van der Waals surface area (Å²) in [7, 11) is 0. The van der Waals surface area contributed by atoms with Crippen LogP contribution >= 0.6 is 11.6 Å². The molecular weight excluding hydrogens is 172 g/mol. The van der Waals surface area contributed by atoms with Gasteiger partial charge in [-0.2, -0.15) is 0 Å². The van der Waals surface area contributed by atoms with E-state index in [0.29, 0.717) is 0 Å². The fraction of sp³-hybridized carbons (Fsp3) is 1.00. The van der Waals surface area contributed by atoms with Crippen molar-refractivity contribution in [1.29, 1.82) is 0 Å². The molecule has 0 aromatic carbocycles. The van der Waals surface area contributed by atoms with Gasteiger partial charge in [-0.15, -0.1) is 11.6 Å². The Kier molecular flexibility index (Phi) is 2.48. The normalized spacial score (nSPS) is 47.5. The number of alkyl halides is 1. The molecule has 1 aliphatic carbocycles. The van der Waals surface area contributed by atoms with Gasteiger partial charge in [-0.1, -0.05) is 20.8 Å². The van der Waals surface area contributed by atoms with Crippen molar-refractivity contribution in [3.05, 3.63) is 0 Å². The highest BCUT2D eigenvalue weighted by Gasteiger charge is 2.44. The van der Waals surface area contributed by atoms with Crippen LogP contribution in [0.4, 0.5) is 0 Å². The molecule has 0 radical (unpaired) electrons. The lowest BCUT2D eigenvalue weighted by molar-refractivity contribution is -0.0623. The fourth-order valence-corrected chi connectivity index (χ4v) is 2.99. The smallest absolute Gasteiger partial charge is 0.0664 e. The third kappa shape index (κ3) is 1.94. The number of aliphatic hydroxyl groups is 1. The van der Waals surface area contributed by atoms with E-state index in [9.17, 15) is 5.11 Å². The van der Waals surface area contributed by atoms with E-state index in [1.165, 1.54) is 0 Å². The summed E-state index contributed by atoms with van der Waals surface area (Å²) in [5, 5.41) is 10.2. The third-order valence-corrected chi connectivity index (χ3v) is 3.64. The zero-order valence-corrected chi connectivity index (χ0v) is 9.15. The first-order valence-electron chi connectivity index (χ1n) is 4.61. The summed E-state index contributed by atoms with van der Waals surface area (Å²) < 4.78 is 0. The van der Waals surface area contributed by atoms with Crippen molar-refractivity contribution >= 4 is 11.6 Å². The summed E-state index contributed by atoms with van der Waals surface area (Å²) in [6.45, 7) is 8.27. The monoisotopic (exact) mass is 190 g/mol. The van der Waals surface area contributed by atoms with Crippen LogP contribution in [0.2, 0.25) is 0 Å². The van der Waals surface area contributed by atoms with Gasteiger partial charge in [0.25, 0.3) is 0 Å².